The Balaban J connectivity index is 0.00000225. The molecule has 0 saturated carbocycles. The maximum atomic E-state index is 12.4. The number of nitrogens with zero attached hydrogens (tertiary/aromatic N) is 2. The molecule has 2 unspecified atom stereocenters. The van der Waals surface area contributed by atoms with E-state index in [2.05, 4.69) is 47.5 Å². The van der Waals surface area contributed by atoms with Gasteiger partial charge in [0, 0.05) is 45.2 Å². The first-order valence-electron chi connectivity index (χ1n) is 9.57. The van der Waals surface area contributed by atoms with Crippen LogP contribution >= 0.6 is 12.4 Å². The lowest BCUT2D eigenvalue weighted by Crippen LogP contribution is -2.47. The molecule has 140 valence electrons. The van der Waals surface area contributed by atoms with Crippen LogP contribution in [0.2, 0.25) is 0 Å². The van der Waals surface area contributed by atoms with Crippen molar-refractivity contribution < 1.29 is 4.79 Å². The van der Waals surface area contributed by atoms with Gasteiger partial charge in [0.1, 0.15) is 0 Å². The van der Waals surface area contributed by atoms with E-state index in [0.717, 1.165) is 45.7 Å². The van der Waals surface area contributed by atoms with E-state index in [4.69, 9.17) is 0 Å². The maximum absolute atomic E-state index is 12.4. The fourth-order valence-electron chi connectivity index (χ4n) is 4.33. The van der Waals surface area contributed by atoms with Crippen LogP contribution in [0.1, 0.15) is 44.1 Å². The van der Waals surface area contributed by atoms with Gasteiger partial charge in [0.25, 0.3) is 0 Å². The van der Waals surface area contributed by atoms with Gasteiger partial charge in [-0.25, -0.2) is 0 Å². The van der Waals surface area contributed by atoms with Crippen LogP contribution in [-0.2, 0) is 4.79 Å². The van der Waals surface area contributed by atoms with Crippen molar-refractivity contribution in [3.05, 3.63) is 35.9 Å². The van der Waals surface area contributed by atoms with E-state index < -0.39 is 0 Å². The van der Waals surface area contributed by atoms with Crippen molar-refractivity contribution in [1.82, 2.24) is 15.1 Å². The Morgan fingerprint density at radius 1 is 1.20 bits per heavy atom. The summed E-state index contributed by atoms with van der Waals surface area (Å²) in [5.74, 6) is 0.915. The molecule has 2 aliphatic rings. The summed E-state index contributed by atoms with van der Waals surface area (Å²) in [4.78, 5) is 17.0. The number of carbonyl (C=O) groups excluding carboxylic acids is 1. The minimum atomic E-state index is 0. The molecule has 3 rings (SSSR count). The second kappa shape index (κ2) is 10.1. The lowest BCUT2D eigenvalue weighted by molar-refractivity contribution is -0.132. The minimum Gasteiger partial charge on any atom is -0.340 e. The summed E-state index contributed by atoms with van der Waals surface area (Å²) in [7, 11) is 0. The fourth-order valence-corrected chi connectivity index (χ4v) is 4.33. The average molecular weight is 366 g/mol. The molecule has 1 aromatic carbocycles. The third kappa shape index (κ3) is 5.19. The van der Waals surface area contributed by atoms with Crippen LogP contribution in [0, 0.1) is 0 Å². The molecule has 0 aliphatic carbocycles. The van der Waals surface area contributed by atoms with Crippen LogP contribution in [-0.4, -0.2) is 61.0 Å². The summed E-state index contributed by atoms with van der Waals surface area (Å²) < 4.78 is 0. The van der Waals surface area contributed by atoms with E-state index >= 15 is 0 Å². The van der Waals surface area contributed by atoms with E-state index in [1.165, 1.54) is 18.4 Å². The Morgan fingerprint density at radius 2 is 1.92 bits per heavy atom. The van der Waals surface area contributed by atoms with E-state index in [-0.39, 0.29) is 12.4 Å². The second-order valence-electron chi connectivity index (χ2n) is 7.05. The number of carbonyl (C=O) groups is 1. The Morgan fingerprint density at radius 3 is 2.60 bits per heavy atom. The monoisotopic (exact) mass is 365 g/mol. The zero-order valence-electron chi connectivity index (χ0n) is 15.3. The highest BCUT2D eigenvalue weighted by Gasteiger charge is 2.32. The first kappa shape index (κ1) is 20.2. The number of hydrogen-bond acceptors (Lipinski definition) is 3. The lowest BCUT2D eigenvalue weighted by atomic mass is 9.87. The average Bonchev–Trinajstić information content (AvgIpc) is 3.10. The standard InChI is InChI=1S/C20H31N3O.ClH/c1-2-18(17-7-4-3-5-8-17)19-9-6-13-22(19)14-10-20(24)23-15-11-21-12-16-23;/h3-5,7-8,18-19,21H,2,6,9-16H2,1H3;1H. The zero-order chi connectivity index (χ0) is 16.8. The molecule has 0 radical (unpaired) electrons. The Labute approximate surface area is 158 Å². The molecule has 2 atom stereocenters. The molecule has 0 bridgehead atoms. The lowest BCUT2D eigenvalue weighted by Gasteiger charge is -2.33. The first-order valence-corrected chi connectivity index (χ1v) is 9.57. The zero-order valence-corrected chi connectivity index (χ0v) is 16.1. The topological polar surface area (TPSA) is 35.6 Å². The minimum absolute atomic E-state index is 0. The highest BCUT2D eigenvalue weighted by molar-refractivity contribution is 5.85. The number of hydrogen-bond donors (Lipinski definition) is 1. The molecular weight excluding hydrogens is 334 g/mol. The molecule has 25 heavy (non-hydrogen) atoms. The SMILES string of the molecule is CCC(c1ccccc1)C1CCCN1CCC(=O)N1CCNCC1.Cl. The number of amides is 1. The first-order chi connectivity index (χ1) is 11.8. The largest absolute Gasteiger partial charge is 0.340 e. The summed E-state index contributed by atoms with van der Waals surface area (Å²) in [6.07, 6.45) is 4.35. The van der Waals surface area contributed by atoms with E-state index in [9.17, 15) is 4.79 Å². The smallest absolute Gasteiger partial charge is 0.223 e. The number of likely N-dealkylation sites (tertiary alicyclic amines) is 1. The van der Waals surface area contributed by atoms with Crippen LogP contribution in [0.15, 0.2) is 30.3 Å². The summed E-state index contributed by atoms with van der Waals surface area (Å²) in [5.41, 5.74) is 1.45. The Hall–Kier alpha value is -1.10. The third-order valence-electron chi connectivity index (χ3n) is 5.63. The molecule has 2 aliphatic heterocycles. The summed E-state index contributed by atoms with van der Waals surface area (Å²) in [6.45, 7) is 7.95. The van der Waals surface area contributed by atoms with Crippen molar-refractivity contribution >= 4 is 18.3 Å². The third-order valence-corrected chi connectivity index (χ3v) is 5.63. The fraction of sp³-hybridized carbons (Fsp3) is 0.650. The molecule has 1 N–H and O–H groups in total. The van der Waals surface area contributed by atoms with Gasteiger partial charge in [-0.1, -0.05) is 37.3 Å². The van der Waals surface area contributed by atoms with Crippen LogP contribution in [0.4, 0.5) is 0 Å². The predicted octanol–water partition coefficient (Wildman–Crippen LogP) is 2.89. The molecule has 2 saturated heterocycles. The Kier molecular flexibility index (Phi) is 8.20. The van der Waals surface area contributed by atoms with Crippen molar-refractivity contribution in [3.8, 4) is 0 Å². The van der Waals surface area contributed by atoms with Gasteiger partial charge in [-0.2, -0.15) is 0 Å². The quantitative estimate of drug-likeness (QED) is 0.842. The molecule has 2 fully saturated rings. The van der Waals surface area contributed by atoms with Crippen LogP contribution < -0.4 is 5.32 Å². The van der Waals surface area contributed by atoms with Crippen LogP contribution in [0.5, 0.6) is 0 Å². The van der Waals surface area contributed by atoms with Gasteiger partial charge in [0.15, 0.2) is 0 Å². The molecule has 0 spiro atoms. The summed E-state index contributed by atoms with van der Waals surface area (Å²) in [6, 6.07) is 11.5. The molecule has 0 aromatic heterocycles. The molecular formula is C20H32ClN3O. The van der Waals surface area contributed by atoms with Gasteiger partial charge >= 0.3 is 0 Å². The number of piperazine rings is 1. The number of rotatable bonds is 6. The molecule has 5 heteroatoms. The normalized spacial score (nSPS) is 22.4. The molecule has 1 amide bonds. The van der Waals surface area contributed by atoms with Crippen molar-refractivity contribution in [2.45, 2.75) is 44.6 Å². The van der Waals surface area contributed by atoms with E-state index in [0.29, 0.717) is 24.3 Å². The number of benzene rings is 1. The van der Waals surface area contributed by atoms with Gasteiger partial charge in [-0.15, -0.1) is 12.4 Å². The summed E-state index contributed by atoms with van der Waals surface area (Å²) in [5, 5.41) is 3.31. The predicted molar refractivity (Wildman–Crippen MR) is 105 cm³/mol. The second-order valence-corrected chi connectivity index (χ2v) is 7.05. The van der Waals surface area contributed by atoms with Gasteiger partial charge < -0.3 is 10.2 Å². The molecule has 1 aromatic rings. The van der Waals surface area contributed by atoms with Crippen molar-refractivity contribution in [3.63, 3.8) is 0 Å². The van der Waals surface area contributed by atoms with Crippen molar-refractivity contribution in [2.24, 2.45) is 0 Å². The highest BCUT2D eigenvalue weighted by atomic mass is 35.5. The summed E-state index contributed by atoms with van der Waals surface area (Å²) >= 11 is 0. The molecule has 2 heterocycles. The van der Waals surface area contributed by atoms with Gasteiger partial charge in [0.05, 0.1) is 0 Å². The van der Waals surface area contributed by atoms with E-state index in [1.807, 2.05) is 4.90 Å². The highest BCUT2D eigenvalue weighted by Crippen LogP contribution is 2.33. The van der Waals surface area contributed by atoms with E-state index in [1.54, 1.807) is 0 Å². The van der Waals surface area contributed by atoms with Crippen molar-refractivity contribution in [2.75, 3.05) is 39.3 Å². The van der Waals surface area contributed by atoms with Gasteiger partial charge in [0.2, 0.25) is 5.91 Å². The van der Waals surface area contributed by atoms with Crippen molar-refractivity contribution in [1.29, 1.82) is 0 Å². The number of nitrogens with one attached hydrogen (secondary N) is 1. The van der Waals surface area contributed by atoms with Gasteiger partial charge in [-0.3, -0.25) is 9.69 Å². The Bertz CT molecular complexity index is 519. The van der Waals surface area contributed by atoms with Gasteiger partial charge in [-0.05, 0) is 37.3 Å². The van der Waals surface area contributed by atoms with Crippen LogP contribution in [0.25, 0.3) is 0 Å². The number of halogens is 1. The molecule has 4 nitrogen and oxygen atoms in total. The van der Waals surface area contributed by atoms with Crippen LogP contribution in [0.3, 0.4) is 0 Å². The maximum Gasteiger partial charge on any atom is 0.223 e.